The van der Waals surface area contributed by atoms with E-state index in [0.717, 1.165) is 0 Å². The van der Waals surface area contributed by atoms with Crippen LogP contribution in [0.15, 0.2) is 158 Å². The molecule has 8 rings (SSSR count). The molecular formula is C39H27P. The molecule has 0 saturated carbocycles. The van der Waals surface area contributed by atoms with Crippen LogP contribution in [0.5, 0.6) is 0 Å². The van der Waals surface area contributed by atoms with Gasteiger partial charge in [-0.15, -0.1) is 0 Å². The molecule has 188 valence electrons. The van der Waals surface area contributed by atoms with Gasteiger partial charge in [-0.3, -0.25) is 0 Å². The Hall–Kier alpha value is -4.64. The van der Waals surface area contributed by atoms with Crippen molar-refractivity contribution in [3.05, 3.63) is 179 Å². The SMILES string of the molecule is C1=CC2=[PH](C=C1)C(c1ccc3ccccc3c1)=c1cc(-c3ccccc3)ccc1=C2c1ccc2ccccc2c1. The number of hydrogen-bond donors (Lipinski definition) is 0. The largest absolute Gasteiger partial charge is 0.0622 e. The lowest BCUT2D eigenvalue weighted by molar-refractivity contribution is 1.46. The molecule has 6 aromatic rings. The third-order valence-electron chi connectivity index (χ3n) is 8.21. The van der Waals surface area contributed by atoms with Gasteiger partial charge in [0.15, 0.2) is 0 Å². The van der Waals surface area contributed by atoms with Gasteiger partial charge in [0.05, 0.1) is 0 Å². The Morgan fingerprint density at radius 2 is 1.02 bits per heavy atom. The summed E-state index contributed by atoms with van der Waals surface area (Å²) in [6.45, 7) is 0. The average molecular weight is 527 g/mol. The summed E-state index contributed by atoms with van der Waals surface area (Å²) in [5, 5.41) is 10.7. The van der Waals surface area contributed by atoms with Crippen molar-refractivity contribution < 1.29 is 0 Å². The average Bonchev–Trinajstić information content (AvgIpc) is 3.03. The van der Waals surface area contributed by atoms with Crippen molar-refractivity contribution in [1.29, 1.82) is 0 Å². The van der Waals surface area contributed by atoms with Crippen molar-refractivity contribution in [1.82, 2.24) is 0 Å². The molecule has 40 heavy (non-hydrogen) atoms. The van der Waals surface area contributed by atoms with E-state index in [0.29, 0.717) is 0 Å². The molecule has 0 saturated heterocycles. The highest BCUT2D eigenvalue weighted by Gasteiger charge is 2.22. The lowest BCUT2D eigenvalue weighted by Crippen LogP contribution is -2.34. The maximum atomic E-state index is 2.48. The highest BCUT2D eigenvalue weighted by Crippen LogP contribution is 2.48. The van der Waals surface area contributed by atoms with Gasteiger partial charge in [0.25, 0.3) is 0 Å². The summed E-state index contributed by atoms with van der Waals surface area (Å²) in [5.74, 6) is 2.48. The molecule has 2 heterocycles. The number of rotatable bonds is 3. The highest BCUT2D eigenvalue weighted by molar-refractivity contribution is 7.73. The quantitative estimate of drug-likeness (QED) is 0.203. The van der Waals surface area contributed by atoms with Crippen LogP contribution in [0.3, 0.4) is 0 Å². The van der Waals surface area contributed by atoms with Gasteiger partial charge in [-0.25, -0.2) is 0 Å². The van der Waals surface area contributed by atoms with Crippen molar-refractivity contribution in [2.45, 2.75) is 0 Å². The Bertz CT molecular complexity index is 2190. The van der Waals surface area contributed by atoms with Gasteiger partial charge in [-0.2, -0.15) is 0 Å². The van der Waals surface area contributed by atoms with Crippen LogP contribution >= 0.6 is 7.55 Å². The minimum Gasteiger partial charge on any atom is -0.0622 e. The van der Waals surface area contributed by atoms with E-state index in [1.807, 2.05) is 0 Å². The Kier molecular flexibility index (Phi) is 5.54. The zero-order chi connectivity index (χ0) is 26.5. The predicted molar refractivity (Wildman–Crippen MR) is 176 cm³/mol. The fourth-order valence-electron chi connectivity index (χ4n) is 6.30. The molecule has 1 unspecified atom stereocenters. The van der Waals surface area contributed by atoms with Crippen LogP contribution in [0.2, 0.25) is 0 Å². The summed E-state index contributed by atoms with van der Waals surface area (Å²) >= 11 is 0. The summed E-state index contributed by atoms with van der Waals surface area (Å²) in [4.78, 5) is 0. The molecule has 1 atom stereocenters. The van der Waals surface area contributed by atoms with Crippen molar-refractivity contribution >= 4 is 45.3 Å². The van der Waals surface area contributed by atoms with Crippen molar-refractivity contribution in [2.75, 3.05) is 0 Å². The first-order valence-electron chi connectivity index (χ1n) is 13.9. The normalized spacial score (nSPS) is 15.9. The van der Waals surface area contributed by atoms with Crippen molar-refractivity contribution in [3.8, 4) is 11.1 Å². The van der Waals surface area contributed by atoms with Crippen LogP contribution in [0.1, 0.15) is 11.1 Å². The summed E-state index contributed by atoms with van der Waals surface area (Å²) < 4.78 is 0. The molecule has 6 aromatic carbocycles. The second-order valence-corrected chi connectivity index (χ2v) is 12.7. The molecule has 2 aliphatic heterocycles. The minimum absolute atomic E-state index is 1.18. The molecule has 0 radical (unpaired) electrons. The third-order valence-corrected chi connectivity index (χ3v) is 10.8. The van der Waals surface area contributed by atoms with E-state index in [1.54, 1.807) is 0 Å². The Morgan fingerprint density at radius 1 is 0.400 bits per heavy atom. The molecule has 1 heteroatoms. The van der Waals surface area contributed by atoms with Crippen LogP contribution < -0.4 is 10.4 Å². The lowest BCUT2D eigenvalue weighted by atomic mass is 9.93. The predicted octanol–water partition coefficient (Wildman–Crippen LogP) is 8.50. The van der Waals surface area contributed by atoms with Crippen LogP contribution in [0, 0.1) is 0 Å². The molecule has 0 fully saturated rings. The summed E-state index contributed by atoms with van der Waals surface area (Å²) in [6.07, 6.45) is 6.84. The van der Waals surface area contributed by atoms with E-state index in [9.17, 15) is 0 Å². The number of benzene rings is 6. The molecular weight excluding hydrogens is 499 g/mol. The van der Waals surface area contributed by atoms with Gasteiger partial charge in [0.2, 0.25) is 0 Å². The smallest absolute Gasteiger partial charge is 0.00276 e. The highest BCUT2D eigenvalue weighted by atomic mass is 31.1. The summed E-state index contributed by atoms with van der Waals surface area (Å²) in [7, 11) is -1.18. The first-order valence-corrected chi connectivity index (χ1v) is 15.4. The van der Waals surface area contributed by atoms with Crippen LogP contribution in [-0.2, 0) is 0 Å². The van der Waals surface area contributed by atoms with Gasteiger partial charge in [0.1, 0.15) is 0 Å². The van der Waals surface area contributed by atoms with Gasteiger partial charge in [-0.05, 0) is 88.6 Å². The number of fused-ring (bicyclic) bond motifs is 3. The van der Waals surface area contributed by atoms with Gasteiger partial charge < -0.3 is 0 Å². The fourth-order valence-corrected chi connectivity index (χ4v) is 9.01. The molecule has 0 nitrogen and oxygen atoms in total. The first-order chi connectivity index (χ1) is 19.8. The second kappa shape index (κ2) is 9.53. The fraction of sp³-hybridized carbons (Fsp3) is 0. The third kappa shape index (κ3) is 3.84. The lowest BCUT2D eigenvalue weighted by Gasteiger charge is -2.25. The maximum Gasteiger partial charge on any atom is -0.00276 e. The van der Waals surface area contributed by atoms with E-state index in [4.69, 9.17) is 0 Å². The van der Waals surface area contributed by atoms with E-state index in [2.05, 4.69) is 158 Å². The van der Waals surface area contributed by atoms with Crippen molar-refractivity contribution in [3.63, 3.8) is 0 Å². The zero-order valence-corrected chi connectivity index (χ0v) is 23.0. The second-order valence-electron chi connectivity index (χ2n) is 10.5. The number of hydrogen-bond acceptors (Lipinski definition) is 0. The maximum absolute atomic E-state index is 2.48. The van der Waals surface area contributed by atoms with Crippen molar-refractivity contribution in [2.24, 2.45) is 0 Å². The molecule has 0 bridgehead atoms. The molecule has 0 N–H and O–H groups in total. The van der Waals surface area contributed by atoms with Gasteiger partial charge in [-0.1, -0.05) is 147 Å². The molecule has 0 spiro atoms. The Morgan fingerprint density at radius 3 is 1.77 bits per heavy atom. The van der Waals surface area contributed by atoms with Crippen LogP contribution in [0.25, 0.3) is 43.6 Å². The summed E-state index contributed by atoms with van der Waals surface area (Å²) in [6, 6.07) is 49.2. The standard InChI is InChI=1S/C39H27P/c1-2-10-27(11-3-1)32-21-22-35-36(26-32)39(34-20-18-29-13-5-7-15-31(29)25-34)40-23-9-8-16-37(40)38(35)33-19-17-28-12-4-6-14-30(28)24-33/h1-26,40H. The van der Waals surface area contributed by atoms with Gasteiger partial charge >= 0.3 is 0 Å². The molecule has 0 aromatic heterocycles. The first kappa shape index (κ1) is 23.3. The van der Waals surface area contributed by atoms with E-state index < -0.39 is 7.55 Å². The van der Waals surface area contributed by atoms with E-state index >= 15 is 0 Å². The summed E-state index contributed by atoms with van der Waals surface area (Å²) in [5.41, 5.74) is 6.51. The monoisotopic (exact) mass is 526 g/mol. The van der Waals surface area contributed by atoms with E-state index in [1.165, 1.54) is 70.4 Å². The zero-order valence-electron chi connectivity index (χ0n) is 22.0. The van der Waals surface area contributed by atoms with Crippen LogP contribution in [-0.4, -0.2) is 5.29 Å². The van der Waals surface area contributed by atoms with Gasteiger partial charge in [0, 0.05) is 0 Å². The molecule has 0 amide bonds. The number of allylic oxidation sites excluding steroid dienone is 3. The van der Waals surface area contributed by atoms with E-state index in [-0.39, 0.29) is 0 Å². The molecule has 0 aliphatic carbocycles. The molecule has 2 aliphatic rings. The van der Waals surface area contributed by atoms with Crippen LogP contribution in [0.4, 0.5) is 0 Å². The topological polar surface area (TPSA) is 0 Å². The Balaban J connectivity index is 1.52. The Labute approximate surface area is 235 Å². The minimum atomic E-state index is -1.18.